The minimum Gasteiger partial charge on any atom is -0.507 e. The van der Waals surface area contributed by atoms with Gasteiger partial charge in [-0.3, -0.25) is 19.5 Å². The van der Waals surface area contributed by atoms with E-state index in [1.54, 1.807) is 65.8 Å². The summed E-state index contributed by atoms with van der Waals surface area (Å²) in [5, 5.41) is 63.0. The number of anilines is 1. The van der Waals surface area contributed by atoms with E-state index < -0.39 is 83.3 Å². The number of aromatic hydroxyl groups is 2. The maximum absolute atomic E-state index is 14.0. The first-order chi connectivity index (χ1) is 28.7. The number of allylic oxidation sites excluding steroid dienone is 2. The lowest BCUT2D eigenvalue weighted by molar-refractivity contribution is -0.181. The van der Waals surface area contributed by atoms with Gasteiger partial charge < -0.3 is 54.7 Å². The number of aliphatic hydroxyl groups is 3. The van der Waals surface area contributed by atoms with Crippen molar-refractivity contribution in [3.05, 3.63) is 58.0 Å². The number of methoxy groups -OCH3 is 1. The number of carbonyl (C=O) groups excluding carboxylic acids is 2. The van der Waals surface area contributed by atoms with Gasteiger partial charge in [0, 0.05) is 92.3 Å². The quantitative estimate of drug-likeness (QED) is 0.190. The Bertz CT molecular complexity index is 2330. The van der Waals surface area contributed by atoms with Crippen LogP contribution in [0.2, 0.25) is 0 Å². The van der Waals surface area contributed by atoms with Crippen LogP contribution in [0.5, 0.6) is 17.2 Å². The number of phenols is 2. The van der Waals surface area contributed by atoms with Crippen molar-refractivity contribution in [3.63, 3.8) is 0 Å². The second kappa shape index (κ2) is 16.3. The molecule has 2 aromatic rings. The molecule has 16 nitrogen and oxygen atoms in total. The summed E-state index contributed by atoms with van der Waals surface area (Å²) >= 11 is 0. The maximum atomic E-state index is 14.0. The summed E-state index contributed by atoms with van der Waals surface area (Å²) in [5.41, 5.74) is -0.317. The molecule has 0 aromatic heterocycles. The van der Waals surface area contributed by atoms with Gasteiger partial charge in [0.1, 0.15) is 28.6 Å². The van der Waals surface area contributed by atoms with E-state index >= 15 is 0 Å². The number of hydrogen-bond donors (Lipinski definition) is 6. The number of rotatable bonds is 2. The Morgan fingerprint density at radius 3 is 2.28 bits per heavy atom. The van der Waals surface area contributed by atoms with Crippen LogP contribution in [0.3, 0.4) is 0 Å². The number of carbonyl (C=O) groups is 2. The summed E-state index contributed by atoms with van der Waals surface area (Å²) in [6, 6.07) is -0.153. The number of esters is 1. The summed E-state index contributed by atoms with van der Waals surface area (Å²) in [6.45, 7) is 15.2. The van der Waals surface area contributed by atoms with Gasteiger partial charge in [-0.25, -0.2) is 4.99 Å². The molecule has 2 saturated heterocycles. The number of likely N-dealkylation sites (tertiary alicyclic amines) is 2. The van der Waals surface area contributed by atoms with Gasteiger partial charge >= 0.3 is 5.97 Å². The molecule has 332 valence electrons. The number of benzene rings is 2. The van der Waals surface area contributed by atoms with Gasteiger partial charge in [0.05, 0.1) is 41.4 Å². The lowest BCUT2D eigenvalue weighted by Crippen LogP contribution is -2.55. The van der Waals surface area contributed by atoms with E-state index in [1.807, 2.05) is 14.0 Å². The van der Waals surface area contributed by atoms with Crippen LogP contribution < -0.4 is 20.8 Å². The third-order valence-electron chi connectivity index (χ3n) is 13.9. The topological polar surface area (TPSA) is 215 Å². The lowest BCUT2D eigenvalue weighted by Gasteiger charge is -2.40. The fraction of sp³-hybridized carbons (Fsp3) is 0.600. The van der Waals surface area contributed by atoms with Crippen molar-refractivity contribution in [2.24, 2.45) is 39.6 Å². The molecule has 5 aliphatic rings. The monoisotopic (exact) mass is 847 g/mol. The minimum atomic E-state index is -1.77. The molecule has 3 unspecified atom stereocenters. The van der Waals surface area contributed by atoms with Gasteiger partial charge in [0.25, 0.3) is 11.7 Å². The first-order valence-corrected chi connectivity index (χ1v) is 21.0. The van der Waals surface area contributed by atoms with E-state index in [9.17, 15) is 35.1 Å². The van der Waals surface area contributed by atoms with Crippen molar-refractivity contribution in [2.75, 3.05) is 46.2 Å². The molecule has 0 radical (unpaired) electrons. The minimum absolute atomic E-state index is 0.0298. The first-order valence-electron chi connectivity index (χ1n) is 21.0. The highest BCUT2D eigenvalue weighted by Crippen LogP contribution is 2.54. The number of nitrogens with zero attached hydrogens (tertiary/aromatic N) is 4. The number of aliphatic hydroxyl groups excluding tert-OH is 3. The fourth-order valence-electron chi connectivity index (χ4n) is 10.2. The van der Waals surface area contributed by atoms with E-state index in [1.165, 1.54) is 20.3 Å². The van der Waals surface area contributed by atoms with Crippen molar-refractivity contribution >= 4 is 28.3 Å². The van der Waals surface area contributed by atoms with Gasteiger partial charge in [0.2, 0.25) is 0 Å². The molecule has 2 fully saturated rings. The van der Waals surface area contributed by atoms with Crippen LogP contribution in [0, 0.1) is 36.5 Å². The van der Waals surface area contributed by atoms with Crippen molar-refractivity contribution in [1.29, 1.82) is 0 Å². The molecule has 7 rings (SSSR count). The van der Waals surface area contributed by atoms with E-state index in [0.29, 0.717) is 25.0 Å². The Balaban J connectivity index is 1.43. The van der Waals surface area contributed by atoms with Gasteiger partial charge in [-0.05, 0) is 34.0 Å². The third-order valence-corrected chi connectivity index (χ3v) is 13.9. The first kappa shape index (κ1) is 44.5. The number of likely N-dealkylation sites (N-methyl/N-ethyl adjacent to an activating group) is 2. The average molecular weight is 848 g/mol. The van der Waals surface area contributed by atoms with E-state index in [4.69, 9.17) is 28.9 Å². The molecule has 61 heavy (non-hydrogen) atoms. The zero-order valence-electron chi connectivity index (χ0n) is 36.8. The molecule has 0 aliphatic carbocycles. The van der Waals surface area contributed by atoms with Gasteiger partial charge in [-0.1, -0.05) is 45.9 Å². The number of phenolic OH excluding ortho intramolecular Hbond substituents is 2. The molecular weight excluding hydrogens is 787 g/mol. The van der Waals surface area contributed by atoms with Crippen LogP contribution in [-0.2, 0) is 23.8 Å². The zero-order chi connectivity index (χ0) is 44.6. The molecule has 5 heterocycles. The molecule has 5 aliphatic heterocycles. The van der Waals surface area contributed by atoms with Crippen molar-refractivity contribution in [2.45, 2.75) is 103 Å². The van der Waals surface area contributed by atoms with Crippen LogP contribution in [-0.4, -0.2) is 130 Å². The summed E-state index contributed by atoms with van der Waals surface area (Å²) < 4.78 is 24.3. The molecule has 6 bridgehead atoms. The average Bonchev–Trinajstić information content (AvgIpc) is 3.76. The van der Waals surface area contributed by atoms with Crippen LogP contribution >= 0.6 is 0 Å². The molecule has 0 saturated carbocycles. The van der Waals surface area contributed by atoms with E-state index in [0.717, 1.165) is 0 Å². The largest absolute Gasteiger partial charge is 0.507 e. The highest BCUT2D eigenvalue weighted by molar-refractivity contribution is 6.08. The Labute approximate surface area is 355 Å². The molecule has 16 heteroatoms. The molecule has 1 amide bonds. The summed E-state index contributed by atoms with van der Waals surface area (Å²) in [5.74, 6) is -5.92. The predicted octanol–water partition coefficient (Wildman–Crippen LogP) is 2.72. The normalized spacial score (nSPS) is 38.8. The van der Waals surface area contributed by atoms with E-state index in [2.05, 4.69) is 22.2 Å². The Hall–Kier alpha value is -4.58. The standard InChI is InChI=1S/C45H61N5O11/c1-20-13-12-14-21(2)43(57)46-35-34-33(47-45(48-34)27-17-49(9)19-29(45)50(10)18-27)30-31(39(35)55)38(54)25(6)41-32(30)42(56)44(8,61-41)59-16-15-28(58-11)22(3)40(60-26(7)51)24(5)37(53)23(4)36(20)52/h12-16,20,22-24,27-29,36-37,40,42,52-56H,17-19H2,1-11H3,(H,46,57)/b13-12+,16-15+,21-14-/t20-,22+,23+,24+,27?,28-,29?,36-,37+,40+,42?,44-,45+/m0/s1. The number of nitrogens with one attached hydrogen (secondary N) is 1. The van der Waals surface area contributed by atoms with Crippen LogP contribution in [0.1, 0.15) is 65.7 Å². The molecule has 6 N–H and O–H groups in total. The van der Waals surface area contributed by atoms with Gasteiger partial charge in [-0.2, -0.15) is 0 Å². The number of ether oxygens (including phenoxy) is 4. The van der Waals surface area contributed by atoms with Gasteiger partial charge in [-0.15, -0.1) is 0 Å². The molecular formula is C45H61N5O11. The number of piperidine rings is 1. The molecule has 13 atom stereocenters. The number of fused-ring (bicyclic) bond motifs is 1. The smallest absolute Gasteiger partial charge is 0.302 e. The van der Waals surface area contributed by atoms with Crippen molar-refractivity contribution < 1.29 is 54.1 Å². The summed E-state index contributed by atoms with van der Waals surface area (Å²) in [6.07, 6.45) is 2.65. The second-order valence-corrected chi connectivity index (χ2v) is 18.1. The van der Waals surface area contributed by atoms with E-state index in [-0.39, 0.29) is 62.0 Å². The predicted molar refractivity (Wildman–Crippen MR) is 225 cm³/mol. The summed E-state index contributed by atoms with van der Waals surface area (Å²) in [7, 11) is 5.56. The fourth-order valence-corrected chi connectivity index (χ4v) is 10.2. The Kier molecular flexibility index (Phi) is 11.9. The lowest BCUT2D eigenvalue weighted by atomic mass is 9.78. The van der Waals surface area contributed by atoms with Gasteiger partial charge in [0.15, 0.2) is 17.5 Å². The SMILES string of the molecule is CO[C@H]1/C=C/O[C@@]2(C)Oc3c(C)c(O)c4c(O)c(c5c(c4c3C2O)=N[C@@]2(N=5)C3CN(C)CC2N(C)C3)NC(=O)/C(C)=C\C=C\[C@H](C)[C@H](O)[C@@H](C)[C@@H](O)[C@@H](C)[C@H](OC(C)=O)[C@@H]1C. The maximum Gasteiger partial charge on any atom is 0.302 e. The number of hydrogen-bond acceptors (Lipinski definition) is 15. The van der Waals surface area contributed by atoms with Crippen LogP contribution in [0.15, 0.2) is 46.1 Å². The zero-order valence-corrected chi connectivity index (χ0v) is 36.8. The van der Waals surface area contributed by atoms with Crippen LogP contribution in [0.4, 0.5) is 5.69 Å². The molecule has 1 spiro atoms. The van der Waals surface area contributed by atoms with Crippen molar-refractivity contribution in [3.8, 4) is 17.2 Å². The molecule has 2 aromatic carbocycles. The Morgan fingerprint density at radius 2 is 1.62 bits per heavy atom. The highest BCUT2D eigenvalue weighted by atomic mass is 16.7. The number of amides is 1. The third kappa shape index (κ3) is 7.28. The second-order valence-electron chi connectivity index (χ2n) is 18.1. The summed E-state index contributed by atoms with van der Waals surface area (Å²) in [4.78, 5) is 41.6. The van der Waals surface area contributed by atoms with Crippen molar-refractivity contribution in [1.82, 2.24) is 9.80 Å². The Morgan fingerprint density at radius 1 is 0.934 bits per heavy atom. The van der Waals surface area contributed by atoms with Crippen LogP contribution in [0.25, 0.3) is 10.8 Å². The highest BCUT2D eigenvalue weighted by Gasteiger charge is 2.58.